The molecule has 0 atom stereocenters. The Bertz CT molecular complexity index is 357. The molecule has 21 heavy (non-hydrogen) atoms. The summed E-state index contributed by atoms with van der Waals surface area (Å²) in [6.45, 7) is 14.5. The molecule has 0 unspecified atom stereocenters. The van der Waals surface area contributed by atoms with Gasteiger partial charge in [0.15, 0.2) is 0 Å². The molecule has 2 heterocycles. The van der Waals surface area contributed by atoms with Crippen LogP contribution in [-0.2, 0) is 12.8 Å². The van der Waals surface area contributed by atoms with E-state index in [0.29, 0.717) is 0 Å². The van der Waals surface area contributed by atoms with Crippen molar-refractivity contribution in [3.8, 4) is 0 Å². The lowest BCUT2D eigenvalue weighted by Gasteiger charge is -2.37. The summed E-state index contributed by atoms with van der Waals surface area (Å²) in [5.74, 6) is 5.50. The molecular formula is C18H35N3. The van der Waals surface area contributed by atoms with Crippen molar-refractivity contribution < 1.29 is 0 Å². The lowest BCUT2D eigenvalue weighted by molar-refractivity contribution is 0.634. The first-order chi connectivity index (χ1) is 10.4. The molecule has 0 radical (unpaired) electrons. The van der Waals surface area contributed by atoms with E-state index in [9.17, 15) is 0 Å². The molecule has 0 saturated heterocycles. The van der Waals surface area contributed by atoms with Crippen LogP contribution in [0.2, 0.25) is 0 Å². The standard InChI is InChI=1S/C12H17N3.3C2H6/c13-14-11-7-9-3-1-5-15-6-2-4-10(8-11)12(9)15;3*1-2/h7-8,14H,1-6,13H2;3*1-2H3. The molecule has 3 N–H and O–H groups in total. The van der Waals surface area contributed by atoms with Crippen molar-refractivity contribution in [2.24, 2.45) is 5.84 Å². The summed E-state index contributed by atoms with van der Waals surface area (Å²) in [7, 11) is 0. The summed E-state index contributed by atoms with van der Waals surface area (Å²) in [5.41, 5.74) is 8.30. The van der Waals surface area contributed by atoms with Crippen molar-refractivity contribution in [1.29, 1.82) is 0 Å². The monoisotopic (exact) mass is 293 g/mol. The number of hydrazine groups is 1. The van der Waals surface area contributed by atoms with Crippen LogP contribution >= 0.6 is 0 Å². The smallest absolute Gasteiger partial charge is 0.0492 e. The average Bonchev–Trinajstić information content (AvgIpc) is 2.60. The Balaban J connectivity index is 0.000000598. The largest absolute Gasteiger partial charge is 0.371 e. The fourth-order valence-corrected chi connectivity index (χ4v) is 2.89. The number of nitrogens with zero attached hydrogens (tertiary/aromatic N) is 1. The topological polar surface area (TPSA) is 41.3 Å². The van der Waals surface area contributed by atoms with Crippen LogP contribution in [0.1, 0.15) is 65.5 Å². The second kappa shape index (κ2) is 11.4. The Kier molecular flexibility index (Phi) is 10.8. The van der Waals surface area contributed by atoms with Gasteiger partial charge >= 0.3 is 0 Å². The number of hydrogen-bond acceptors (Lipinski definition) is 3. The van der Waals surface area contributed by atoms with Crippen molar-refractivity contribution in [3.63, 3.8) is 0 Å². The van der Waals surface area contributed by atoms with Crippen molar-refractivity contribution in [3.05, 3.63) is 23.3 Å². The third-order valence-electron chi connectivity index (χ3n) is 3.50. The molecule has 122 valence electrons. The van der Waals surface area contributed by atoms with E-state index in [1.54, 1.807) is 0 Å². The molecule has 0 fully saturated rings. The quantitative estimate of drug-likeness (QED) is 0.580. The molecule has 0 aromatic heterocycles. The molecule has 0 bridgehead atoms. The van der Waals surface area contributed by atoms with E-state index in [1.807, 2.05) is 41.5 Å². The Hall–Kier alpha value is -1.22. The van der Waals surface area contributed by atoms with E-state index in [-0.39, 0.29) is 0 Å². The Labute approximate surface area is 131 Å². The van der Waals surface area contributed by atoms with Gasteiger partial charge in [0.2, 0.25) is 0 Å². The SMILES string of the molecule is CC.CC.CC.NNc1cc2c3c(c1)CCCN3CCC2. The highest BCUT2D eigenvalue weighted by atomic mass is 15.2. The van der Waals surface area contributed by atoms with E-state index in [4.69, 9.17) is 5.84 Å². The van der Waals surface area contributed by atoms with Crippen molar-refractivity contribution in [2.45, 2.75) is 67.2 Å². The first kappa shape index (κ1) is 19.8. The molecule has 3 heteroatoms. The second-order valence-corrected chi connectivity index (χ2v) is 4.48. The van der Waals surface area contributed by atoms with E-state index < -0.39 is 0 Å². The molecule has 2 aliphatic rings. The van der Waals surface area contributed by atoms with Crippen molar-refractivity contribution >= 4 is 11.4 Å². The summed E-state index contributed by atoms with van der Waals surface area (Å²) in [4.78, 5) is 2.54. The molecule has 3 rings (SSSR count). The third kappa shape index (κ3) is 4.92. The molecule has 2 aliphatic heterocycles. The van der Waals surface area contributed by atoms with E-state index in [0.717, 1.165) is 5.69 Å². The Morgan fingerprint density at radius 1 is 0.857 bits per heavy atom. The van der Waals surface area contributed by atoms with Gasteiger partial charge in [-0.05, 0) is 48.9 Å². The van der Waals surface area contributed by atoms with Crippen molar-refractivity contribution in [1.82, 2.24) is 0 Å². The number of nitrogens with one attached hydrogen (secondary N) is 1. The first-order valence-electron chi connectivity index (χ1n) is 8.76. The number of aryl methyl sites for hydroxylation is 2. The van der Waals surface area contributed by atoms with Crippen LogP contribution in [0.15, 0.2) is 12.1 Å². The van der Waals surface area contributed by atoms with Gasteiger partial charge in [-0.15, -0.1) is 0 Å². The fourth-order valence-electron chi connectivity index (χ4n) is 2.89. The zero-order valence-electron chi connectivity index (χ0n) is 14.9. The minimum absolute atomic E-state index is 1.06. The number of nitrogens with two attached hydrogens (primary N) is 1. The van der Waals surface area contributed by atoms with Crippen LogP contribution in [0.5, 0.6) is 0 Å². The minimum Gasteiger partial charge on any atom is -0.371 e. The molecular weight excluding hydrogens is 258 g/mol. The summed E-state index contributed by atoms with van der Waals surface area (Å²) >= 11 is 0. The summed E-state index contributed by atoms with van der Waals surface area (Å²) < 4.78 is 0. The normalized spacial score (nSPS) is 14.1. The maximum absolute atomic E-state index is 5.50. The van der Waals surface area contributed by atoms with E-state index in [2.05, 4.69) is 22.5 Å². The summed E-state index contributed by atoms with van der Waals surface area (Å²) in [6.07, 6.45) is 4.96. The molecule has 0 spiro atoms. The van der Waals surface area contributed by atoms with Gasteiger partial charge in [-0.3, -0.25) is 5.84 Å². The van der Waals surface area contributed by atoms with Crippen LogP contribution in [-0.4, -0.2) is 13.1 Å². The fraction of sp³-hybridized carbons (Fsp3) is 0.667. The second-order valence-electron chi connectivity index (χ2n) is 4.48. The van der Waals surface area contributed by atoms with Gasteiger partial charge in [-0.25, -0.2) is 0 Å². The maximum Gasteiger partial charge on any atom is 0.0492 e. The predicted molar refractivity (Wildman–Crippen MR) is 97.2 cm³/mol. The van der Waals surface area contributed by atoms with Crippen LogP contribution in [0, 0.1) is 0 Å². The van der Waals surface area contributed by atoms with Crippen molar-refractivity contribution in [2.75, 3.05) is 23.4 Å². The average molecular weight is 293 g/mol. The number of nitrogen functional groups attached to an aromatic ring is 1. The van der Waals surface area contributed by atoms with Gasteiger partial charge in [-0.1, -0.05) is 41.5 Å². The number of rotatable bonds is 1. The number of anilines is 2. The van der Waals surface area contributed by atoms with Crippen LogP contribution in [0.3, 0.4) is 0 Å². The molecule has 3 nitrogen and oxygen atoms in total. The predicted octanol–water partition coefficient (Wildman–Crippen LogP) is 4.75. The zero-order chi connectivity index (χ0) is 16.3. The summed E-state index contributed by atoms with van der Waals surface area (Å²) in [5, 5.41) is 0. The Morgan fingerprint density at radius 3 is 1.67 bits per heavy atom. The molecule has 1 aromatic carbocycles. The lowest BCUT2D eigenvalue weighted by Crippen LogP contribution is -2.34. The van der Waals surface area contributed by atoms with E-state index in [1.165, 1.54) is 55.6 Å². The lowest BCUT2D eigenvalue weighted by atomic mass is 9.91. The summed E-state index contributed by atoms with van der Waals surface area (Å²) in [6, 6.07) is 4.41. The Morgan fingerprint density at radius 2 is 1.29 bits per heavy atom. The highest BCUT2D eigenvalue weighted by Crippen LogP contribution is 2.36. The maximum atomic E-state index is 5.50. The number of benzene rings is 1. The van der Waals surface area contributed by atoms with Crippen LogP contribution in [0.25, 0.3) is 0 Å². The van der Waals surface area contributed by atoms with Gasteiger partial charge in [0.05, 0.1) is 0 Å². The van der Waals surface area contributed by atoms with Crippen LogP contribution in [0.4, 0.5) is 11.4 Å². The first-order valence-corrected chi connectivity index (χ1v) is 8.76. The molecule has 0 amide bonds. The van der Waals surface area contributed by atoms with Gasteiger partial charge in [0.1, 0.15) is 0 Å². The van der Waals surface area contributed by atoms with Gasteiger partial charge < -0.3 is 10.3 Å². The van der Waals surface area contributed by atoms with Crippen LogP contribution < -0.4 is 16.2 Å². The zero-order valence-corrected chi connectivity index (χ0v) is 14.9. The van der Waals surface area contributed by atoms with Gasteiger partial charge in [-0.2, -0.15) is 0 Å². The molecule has 1 aromatic rings. The third-order valence-corrected chi connectivity index (χ3v) is 3.50. The minimum atomic E-state index is 1.06. The van der Waals surface area contributed by atoms with Gasteiger partial charge in [0, 0.05) is 24.5 Å². The number of hydrogen-bond donors (Lipinski definition) is 2. The molecule has 0 aliphatic carbocycles. The molecule has 0 saturated carbocycles. The van der Waals surface area contributed by atoms with E-state index >= 15 is 0 Å². The highest BCUT2D eigenvalue weighted by molar-refractivity contribution is 5.68. The highest BCUT2D eigenvalue weighted by Gasteiger charge is 2.23. The van der Waals surface area contributed by atoms with Gasteiger partial charge in [0.25, 0.3) is 0 Å².